The third-order valence-corrected chi connectivity index (χ3v) is 8.78. The van der Waals surface area contributed by atoms with Crippen LogP contribution in [0.15, 0.2) is 28.7 Å². The van der Waals surface area contributed by atoms with Crippen molar-refractivity contribution in [1.29, 1.82) is 0 Å². The third-order valence-electron chi connectivity index (χ3n) is 6.97. The van der Waals surface area contributed by atoms with Crippen molar-refractivity contribution in [2.75, 3.05) is 18.2 Å². The molecule has 2 aromatic heterocycles. The van der Waals surface area contributed by atoms with Crippen molar-refractivity contribution in [3.05, 3.63) is 44.9 Å². The molecule has 0 spiro atoms. The fourth-order valence-electron chi connectivity index (χ4n) is 5.95. The van der Waals surface area contributed by atoms with Gasteiger partial charge in [-0.1, -0.05) is 19.9 Å². The Labute approximate surface area is 223 Å². The molecule has 4 rings (SSSR count). The summed E-state index contributed by atoms with van der Waals surface area (Å²) in [6.07, 6.45) is 9.46. The lowest BCUT2D eigenvalue weighted by Crippen LogP contribution is -2.54. The molecule has 0 aromatic carbocycles. The lowest BCUT2D eigenvalue weighted by Gasteiger charge is -2.50. The highest BCUT2D eigenvalue weighted by Gasteiger charge is 2.43. The van der Waals surface area contributed by atoms with E-state index >= 15 is 0 Å². The molecule has 4 N–H and O–H groups in total. The molecule has 196 valence electrons. The molecule has 0 radical (unpaired) electrons. The van der Waals surface area contributed by atoms with Crippen LogP contribution < -0.4 is 16.4 Å². The summed E-state index contributed by atoms with van der Waals surface area (Å²) in [5.74, 6) is 4.03. The Hall–Kier alpha value is -2.07. The van der Waals surface area contributed by atoms with E-state index in [2.05, 4.69) is 58.0 Å². The Bertz CT molecular complexity index is 1020. The van der Waals surface area contributed by atoms with Crippen LogP contribution in [0, 0.1) is 24.7 Å². The van der Waals surface area contributed by atoms with E-state index in [9.17, 15) is 4.79 Å². The van der Waals surface area contributed by atoms with E-state index in [1.165, 1.54) is 56.1 Å². The minimum Gasteiger partial charge on any atom is -0.361 e. The zero-order valence-corrected chi connectivity index (χ0v) is 23.6. The van der Waals surface area contributed by atoms with Crippen molar-refractivity contribution in [2.24, 2.45) is 28.5 Å². The molecule has 36 heavy (non-hydrogen) atoms. The van der Waals surface area contributed by atoms with Gasteiger partial charge in [-0.25, -0.2) is 9.97 Å². The number of aliphatic imine (C=N–C) groups is 1. The average Bonchev–Trinajstić information content (AvgIpc) is 3.24. The van der Waals surface area contributed by atoms with Crippen molar-refractivity contribution in [3.8, 4) is 0 Å². The quantitative estimate of drug-likeness (QED) is 0.156. The summed E-state index contributed by atoms with van der Waals surface area (Å²) in [6, 6.07) is 4.21. The third kappa shape index (κ3) is 7.47. The van der Waals surface area contributed by atoms with Gasteiger partial charge >= 0.3 is 0 Å². The number of rotatable bonds is 10. The number of anilines is 1. The zero-order valence-electron chi connectivity index (χ0n) is 21.9. The van der Waals surface area contributed by atoms with Crippen molar-refractivity contribution in [2.45, 2.75) is 65.0 Å². The lowest BCUT2D eigenvalue weighted by molar-refractivity contribution is 0.0542. The van der Waals surface area contributed by atoms with E-state index in [4.69, 9.17) is 0 Å². The molecule has 9 heteroatoms. The highest BCUT2D eigenvalue weighted by molar-refractivity contribution is 8.02. The highest BCUT2D eigenvalue weighted by Crippen LogP contribution is 2.47. The van der Waals surface area contributed by atoms with Crippen LogP contribution in [0.4, 0.5) is 5.82 Å². The van der Waals surface area contributed by atoms with Crippen LogP contribution in [0.25, 0.3) is 5.70 Å². The molecule has 2 aliphatic rings. The molecule has 2 heterocycles. The maximum absolute atomic E-state index is 11.0. The Morgan fingerprint density at radius 1 is 1.28 bits per heavy atom. The van der Waals surface area contributed by atoms with Crippen molar-refractivity contribution in [3.63, 3.8) is 0 Å². The predicted molar refractivity (Wildman–Crippen MR) is 155 cm³/mol. The van der Waals surface area contributed by atoms with E-state index in [0.29, 0.717) is 16.4 Å². The van der Waals surface area contributed by atoms with Crippen molar-refractivity contribution in [1.82, 2.24) is 15.3 Å². The number of aryl methyl sites for hydroxylation is 1. The summed E-state index contributed by atoms with van der Waals surface area (Å²) in [6.45, 7) is 11.3. The van der Waals surface area contributed by atoms with Crippen molar-refractivity contribution < 1.29 is 4.79 Å². The monoisotopic (exact) mass is 528 g/mol. The molecule has 0 saturated heterocycles. The summed E-state index contributed by atoms with van der Waals surface area (Å²) in [5.41, 5.74) is 7.57. The minimum atomic E-state index is 0.305. The second kappa shape index (κ2) is 13.5. The normalized spacial score (nSPS) is 25.5. The molecule has 2 aromatic rings. The number of pyridine rings is 1. The first-order valence-electron chi connectivity index (χ1n) is 12.6. The molecular formula is C27H40N6OS2. The average molecular weight is 529 g/mol. The number of carbonyl (C=O) groups excluding carboxylic acids is 1. The second-order valence-electron chi connectivity index (χ2n) is 10.1. The molecule has 2 unspecified atom stereocenters. The van der Waals surface area contributed by atoms with Crippen LogP contribution in [0.2, 0.25) is 0 Å². The number of fused-ring (bicyclic) bond motifs is 2. The number of thioether (sulfide) groups is 1. The van der Waals surface area contributed by atoms with Crippen LogP contribution in [-0.4, -0.2) is 41.4 Å². The molecule has 2 atom stereocenters. The number of nitrogens with two attached hydrogens (primary N) is 1. The summed E-state index contributed by atoms with van der Waals surface area (Å²) >= 11 is 2.91. The number of nitrogens with one attached hydrogen (secondary N) is 2. The number of thiazole rings is 1. The number of hydrogen-bond acceptors (Lipinski definition) is 9. The van der Waals surface area contributed by atoms with Gasteiger partial charge in [-0.3, -0.25) is 9.79 Å². The van der Waals surface area contributed by atoms with Gasteiger partial charge in [0.2, 0.25) is 0 Å². The minimum absolute atomic E-state index is 0.305. The summed E-state index contributed by atoms with van der Waals surface area (Å²) in [5, 5.41) is 9.69. The number of hydrogen-bond donors (Lipinski definition) is 3. The van der Waals surface area contributed by atoms with Gasteiger partial charge in [-0.2, -0.15) is 0 Å². The molecule has 7 nitrogen and oxygen atoms in total. The second-order valence-corrected chi connectivity index (χ2v) is 12.0. The fraction of sp³-hybridized carbons (Fsp3) is 0.556. The SMILES string of the molecule is C=N/C(=C\SCNc1ccc(CNC23CC(C)CC(CC(C)C2)C3)cn1)c1sc(C=O)nc1C.CN. The van der Waals surface area contributed by atoms with E-state index in [-0.39, 0.29) is 0 Å². The van der Waals surface area contributed by atoms with E-state index in [1.54, 1.807) is 11.8 Å². The van der Waals surface area contributed by atoms with Crippen LogP contribution in [-0.2, 0) is 6.54 Å². The van der Waals surface area contributed by atoms with Crippen molar-refractivity contribution >= 4 is 47.6 Å². The lowest BCUT2D eigenvalue weighted by atomic mass is 9.61. The highest BCUT2D eigenvalue weighted by atomic mass is 32.2. The Morgan fingerprint density at radius 3 is 2.58 bits per heavy atom. The number of carbonyl (C=O) groups is 1. The van der Waals surface area contributed by atoms with E-state index in [1.807, 2.05) is 24.6 Å². The topological polar surface area (TPSA) is 105 Å². The first-order chi connectivity index (χ1) is 17.4. The van der Waals surface area contributed by atoms with Gasteiger partial charge in [0, 0.05) is 18.3 Å². The van der Waals surface area contributed by atoms with Gasteiger partial charge in [0.05, 0.1) is 22.1 Å². The Morgan fingerprint density at radius 2 is 2.00 bits per heavy atom. The van der Waals surface area contributed by atoms with Gasteiger partial charge in [0.15, 0.2) is 11.3 Å². The first-order valence-corrected chi connectivity index (χ1v) is 14.5. The number of aromatic nitrogens is 2. The Balaban J connectivity index is 0.00000176. The maximum atomic E-state index is 11.0. The maximum Gasteiger partial charge on any atom is 0.178 e. The molecule has 0 aliphatic heterocycles. The largest absolute Gasteiger partial charge is 0.361 e. The Kier molecular flexibility index (Phi) is 10.7. The van der Waals surface area contributed by atoms with Gasteiger partial charge in [-0.15, -0.1) is 23.1 Å². The summed E-state index contributed by atoms with van der Waals surface area (Å²) in [4.78, 5) is 24.8. The summed E-state index contributed by atoms with van der Waals surface area (Å²) in [7, 11) is 1.50. The van der Waals surface area contributed by atoms with Gasteiger partial charge in [-0.05, 0) is 87.6 Å². The van der Waals surface area contributed by atoms with Crippen LogP contribution >= 0.6 is 23.1 Å². The zero-order chi connectivity index (χ0) is 26.1. The van der Waals surface area contributed by atoms with Gasteiger partial charge in [0.1, 0.15) is 5.82 Å². The van der Waals surface area contributed by atoms with Crippen LogP contribution in [0.3, 0.4) is 0 Å². The predicted octanol–water partition coefficient (Wildman–Crippen LogP) is 5.73. The summed E-state index contributed by atoms with van der Waals surface area (Å²) < 4.78 is 0. The molecule has 2 bridgehead atoms. The van der Waals surface area contributed by atoms with Crippen LogP contribution in [0.1, 0.15) is 71.9 Å². The fourth-order valence-corrected chi connectivity index (χ4v) is 7.55. The molecule has 2 fully saturated rings. The smallest absolute Gasteiger partial charge is 0.178 e. The number of aldehydes is 1. The molecule has 2 saturated carbocycles. The molecular weight excluding hydrogens is 488 g/mol. The standard InChI is InChI=1S/C26H35N5OS2.CH5N/c1-17-7-21-8-18(2)10-26(9-17,11-21)30-13-20-5-6-23(28-12-20)29-16-33-15-22(27-4)25-19(3)31-24(14-32)34-25;1-2/h5-6,12,14-15,17-18,21,30H,4,7-11,13,16H2,1-3H3,(H,28,29);2H2,1H3/b22-15-;. The van der Waals surface area contributed by atoms with E-state index in [0.717, 1.165) is 52.7 Å². The molecule has 2 aliphatic carbocycles. The number of nitrogens with zero attached hydrogens (tertiary/aromatic N) is 3. The first kappa shape index (κ1) is 28.5. The van der Waals surface area contributed by atoms with Gasteiger partial charge < -0.3 is 16.4 Å². The molecule has 0 amide bonds. The van der Waals surface area contributed by atoms with Gasteiger partial charge in [0.25, 0.3) is 0 Å². The van der Waals surface area contributed by atoms with E-state index < -0.39 is 0 Å². The van der Waals surface area contributed by atoms with Crippen LogP contribution in [0.5, 0.6) is 0 Å².